The van der Waals surface area contributed by atoms with E-state index in [1.54, 1.807) is 6.33 Å². The van der Waals surface area contributed by atoms with E-state index in [1.165, 1.54) is 6.33 Å². The number of nitrogens with zero attached hydrogens (tertiary/aromatic N) is 4. The molecule has 1 aliphatic heterocycles. The van der Waals surface area contributed by atoms with Crippen LogP contribution in [0.1, 0.15) is 54.2 Å². The molecule has 1 fully saturated rings. The lowest BCUT2D eigenvalue weighted by atomic mass is 10.2. The highest BCUT2D eigenvalue weighted by Gasteiger charge is 2.46. The maximum Gasteiger partial charge on any atom is 0.250 e. The Kier molecular flexibility index (Phi) is 7.95. The first kappa shape index (κ1) is 28.9. The van der Waals surface area contributed by atoms with Crippen molar-refractivity contribution in [1.29, 1.82) is 0 Å². The molecule has 1 aromatic carbocycles. The number of aromatic nitrogens is 4. The van der Waals surface area contributed by atoms with Crippen molar-refractivity contribution in [3.8, 4) is 11.6 Å². The van der Waals surface area contributed by atoms with E-state index < -0.39 is 16.6 Å². The zero-order chi connectivity index (χ0) is 27.9. The fraction of sp³-hybridized carbons (Fsp3) is 0.607. The lowest BCUT2D eigenvalue weighted by Gasteiger charge is -2.40. The van der Waals surface area contributed by atoms with Crippen molar-refractivity contribution >= 4 is 27.8 Å². The minimum Gasteiger partial charge on any atom is -0.437 e. The van der Waals surface area contributed by atoms with Crippen LogP contribution in [0.25, 0.3) is 11.2 Å². The molecule has 4 rings (SSSR count). The minimum atomic E-state index is -2.04. The standard InChI is InChI=1S/C28H44N4O4Si2/c1-27(2,3)37(7,8)33-17-22-21(36-38(9,10)28(4,5)6)16-23(35-22)32-19-31-24-25(32)29-18-30-26(24)34-20-14-12-11-13-15-20/h11-15,18-19,21-23H,16-17H2,1-10H3/t21-,22-,23-/m1/s1. The van der Waals surface area contributed by atoms with Crippen LogP contribution in [-0.2, 0) is 13.6 Å². The van der Waals surface area contributed by atoms with Gasteiger partial charge in [0, 0.05) is 6.42 Å². The largest absolute Gasteiger partial charge is 0.437 e. The van der Waals surface area contributed by atoms with Gasteiger partial charge in [-0.05, 0) is 48.4 Å². The molecule has 0 unspecified atom stereocenters. The SMILES string of the molecule is CC(C)(C)[Si](C)(C)OC[C@H]1O[C@@H](n2cnc3c(Oc4ccccc4)ncnc32)C[C@H]1O[Si](C)(C)C(C)(C)C. The van der Waals surface area contributed by atoms with Crippen LogP contribution in [0.5, 0.6) is 11.6 Å². The number of rotatable bonds is 8. The molecule has 0 amide bonds. The molecule has 0 bridgehead atoms. The van der Waals surface area contributed by atoms with Gasteiger partial charge in [-0.25, -0.2) is 9.97 Å². The highest BCUT2D eigenvalue weighted by atomic mass is 28.4. The number of imidazole rings is 1. The molecule has 2 aromatic heterocycles. The molecule has 1 aliphatic rings. The Bertz CT molecular complexity index is 1240. The van der Waals surface area contributed by atoms with E-state index in [4.69, 9.17) is 18.3 Å². The van der Waals surface area contributed by atoms with E-state index in [0.717, 1.165) is 0 Å². The van der Waals surface area contributed by atoms with Gasteiger partial charge in [-0.15, -0.1) is 0 Å². The number of fused-ring (bicyclic) bond motifs is 1. The van der Waals surface area contributed by atoms with Gasteiger partial charge in [0.2, 0.25) is 0 Å². The van der Waals surface area contributed by atoms with Crippen LogP contribution in [0.15, 0.2) is 43.0 Å². The number of hydrogen-bond acceptors (Lipinski definition) is 7. The molecule has 0 spiro atoms. The Balaban J connectivity index is 1.61. The first-order chi connectivity index (χ1) is 17.6. The Hall–Kier alpha value is -2.12. The number of benzene rings is 1. The third kappa shape index (κ3) is 6.04. The van der Waals surface area contributed by atoms with Crippen molar-refractivity contribution in [1.82, 2.24) is 19.5 Å². The van der Waals surface area contributed by atoms with Crippen LogP contribution in [0, 0.1) is 0 Å². The van der Waals surface area contributed by atoms with Gasteiger partial charge in [0.05, 0.1) is 19.0 Å². The van der Waals surface area contributed by atoms with Crippen molar-refractivity contribution in [3.63, 3.8) is 0 Å². The average Bonchev–Trinajstić information content (AvgIpc) is 3.41. The van der Waals surface area contributed by atoms with Crippen molar-refractivity contribution in [2.75, 3.05) is 6.61 Å². The van der Waals surface area contributed by atoms with Crippen LogP contribution < -0.4 is 4.74 Å². The summed E-state index contributed by atoms with van der Waals surface area (Å²) in [7, 11) is -3.99. The summed E-state index contributed by atoms with van der Waals surface area (Å²) in [6.07, 6.45) is 3.44. The summed E-state index contributed by atoms with van der Waals surface area (Å²) in [6, 6.07) is 9.57. The molecule has 3 atom stereocenters. The normalized spacial score (nSPS) is 21.3. The maximum atomic E-state index is 6.93. The quantitative estimate of drug-likeness (QED) is 0.269. The summed E-state index contributed by atoms with van der Waals surface area (Å²) < 4.78 is 28.2. The predicted octanol–water partition coefficient (Wildman–Crippen LogP) is 7.32. The van der Waals surface area contributed by atoms with E-state index in [9.17, 15) is 0 Å². The third-order valence-corrected chi connectivity index (χ3v) is 17.4. The van der Waals surface area contributed by atoms with Crippen LogP contribution in [0.2, 0.25) is 36.3 Å². The highest BCUT2D eigenvalue weighted by molar-refractivity contribution is 6.74. The summed E-state index contributed by atoms with van der Waals surface area (Å²) in [4.78, 5) is 13.5. The lowest BCUT2D eigenvalue weighted by molar-refractivity contribution is -0.0383. The molecular weight excluding hydrogens is 513 g/mol. The van der Waals surface area contributed by atoms with Gasteiger partial charge in [-0.3, -0.25) is 4.57 Å². The maximum absolute atomic E-state index is 6.93. The molecule has 10 heteroatoms. The average molecular weight is 557 g/mol. The third-order valence-electron chi connectivity index (χ3n) is 8.44. The van der Waals surface area contributed by atoms with Gasteiger partial charge in [0.15, 0.2) is 27.8 Å². The van der Waals surface area contributed by atoms with Gasteiger partial charge in [-0.2, -0.15) is 4.98 Å². The zero-order valence-corrected chi connectivity index (χ0v) is 26.6. The van der Waals surface area contributed by atoms with Crippen molar-refractivity contribution < 1.29 is 18.3 Å². The van der Waals surface area contributed by atoms with Crippen LogP contribution in [0.3, 0.4) is 0 Å². The molecule has 0 radical (unpaired) electrons. The summed E-state index contributed by atoms with van der Waals surface area (Å²) >= 11 is 0. The Labute approximate surface area is 229 Å². The van der Waals surface area contributed by atoms with Gasteiger partial charge < -0.3 is 18.3 Å². The molecule has 38 heavy (non-hydrogen) atoms. The summed E-state index contributed by atoms with van der Waals surface area (Å²) in [5.74, 6) is 1.12. The van der Waals surface area contributed by atoms with Crippen LogP contribution in [0.4, 0.5) is 0 Å². The minimum absolute atomic E-state index is 0.0787. The second-order valence-electron chi connectivity index (χ2n) is 13.3. The molecule has 0 N–H and O–H groups in total. The Morgan fingerprint density at radius 3 is 2.21 bits per heavy atom. The molecular formula is C28H44N4O4Si2. The molecule has 0 saturated carbocycles. The molecule has 8 nitrogen and oxygen atoms in total. The summed E-state index contributed by atoms with van der Waals surface area (Å²) in [6.45, 7) is 23.2. The van der Waals surface area contributed by atoms with Crippen LogP contribution >= 0.6 is 0 Å². The number of ether oxygens (including phenoxy) is 2. The second-order valence-corrected chi connectivity index (χ2v) is 22.8. The highest BCUT2D eigenvalue weighted by Crippen LogP contribution is 2.43. The second kappa shape index (κ2) is 10.5. The monoisotopic (exact) mass is 556 g/mol. The molecule has 0 aliphatic carbocycles. The van der Waals surface area contributed by atoms with E-state index in [-0.39, 0.29) is 28.5 Å². The predicted molar refractivity (Wildman–Crippen MR) is 156 cm³/mol. The molecule has 1 saturated heterocycles. The molecule has 208 valence electrons. The van der Waals surface area contributed by atoms with Crippen molar-refractivity contribution in [2.24, 2.45) is 0 Å². The van der Waals surface area contributed by atoms with Gasteiger partial charge >= 0.3 is 0 Å². The Morgan fingerprint density at radius 2 is 1.58 bits per heavy atom. The molecule has 3 heterocycles. The first-order valence-corrected chi connectivity index (χ1v) is 19.3. The number of para-hydroxylation sites is 1. The fourth-order valence-electron chi connectivity index (χ4n) is 3.92. The Morgan fingerprint density at radius 1 is 0.921 bits per heavy atom. The summed E-state index contributed by atoms with van der Waals surface area (Å²) in [5, 5.41) is 0.210. The van der Waals surface area contributed by atoms with E-state index in [2.05, 4.69) is 82.7 Å². The van der Waals surface area contributed by atoms with E-state index in [0.29, 0.717) is 35.8 Å². The lowest BCUT2D eigenvalue weighted by Crippen LogP contribution is -2.48. The molecule has 3 aromatic rings. The van der Waals surface area contributed by atoms with E-state index >= 15 is 0 Å². The fourth-order valence-corrected chi connectivity index (χ4v) is 6.30. The van der Waals surface area contributed by atoms with E-state index in [1.807, 2.05) is 34.9 Å². The smallest absolute Gasteiger partial charge is 0.250 e. The zero-order valence-electron chi connectivity index (χ0n) is 24.6. The van der Waals surface area contributed by atoms with Gasteiger partial charge in [0.1, 0.15) is 24.4 Å². The van der Waals surface area contributed by atoms with Gasteiger partial charge in [-0.1, -0.05) is 59.7 Å². The first-order valence-electron chi connectivity index (χ1n) is 13.5. The summed E-state index contributed by atoms with van der Waals surface area (Å²) in [5.41, 5.74) is 1.27. The van der Waals surface area contributed by atoms with Crippen molar-refractivity contribution in [3.05, 3.63) is 43.0 Å². The van der Waals surface area contributed by atoms with Crippen LogP contribution in [-0.4, -0.2) is 55.0 Å². The number of hydrogen-bond donors (Lipinski definition) is 0. The van der Waals surface area contributed by atoms with Gasteiger partial charge in [0.25, 0.3) is 5.88 Å². The van der Waals surface area contributed by atoms with Crippen molar-refractivity contribution in [2.45, 2.75) is 103 Å². The topological polar surface area (TPSA) is 80.5 Å².